The van der Waals surface area contributed by atoms with E-state index in [0.717, 1.165) is 35.3 Å². The van der Waals surface area contributed by atoms with E-state index < -0.39 is 0 Å². The Bertz CT molecular complexity index is 922. The molecule has 1 N–H and O–H groups in total. The zero-order chi connectivity index (χ0) is 20.6. The Morgan fingerprint density at radius 2 is 1.83 bits per heavy atom. The maximum Gasteiger partial charge on any atom is 0.220 e. The molecular weight excluding hydrogens is 380 g/mol. The molecule has 0 fully saturated rings. The van der Waals surface area contributed by atoms with Crippen LogP contribution in [0.15, 0.2) is 59.8 Å². The van der Waals surface area contributed by atoms with Gasteiger partial charge < -0.3 is 5.32 Å². The lowest BCUT2D eigenvalue weighted by Crippen LogP contribution is -2.28. The Kier molecular flexibility index (Phi) is 7.47. The van der Waals surface area contributed by atoms with Gasteiger partial charge in [-0.1, -0.05) is 73.1 Å². The monoisotopic (exact) mass is 408 g/mol. The Hall–Kier alpha value is -2.60. The van der Waals surface area contributed by atoms with Gasteiger partial charge >= 0.3 is 0 Å². The third-order valence-electron chi connectivity index (χ3n) is 4.68. The molecular formula is C23H28N4OS. The molecule has 3 rings (SSSR count). The molecule has 0 saturated heterocycles. The van der Waals surface area contributed by atoms with Crippen molar-refractivity contribution in [3.05, 3.63) is 71.5 Å². The van der Waals surface area contributed by atoms with Gasteiger partial charge in [-0.2, -0.15) is 0 Å². The SMILES string of the molecule is CCCCC(=O)N[C@H](C)c1nnc(SCc2ccccc2)n1-c1ccc(C)cc1. The van der Waals surface area contributed by atoms with Crippen molar-refractivity contribution in [1.82, 2.24) is 20.1 Å². The molecule has 1 heterocycles. The topological polar surface area (TPSA) is 59.8 Å². The van der Waals surface area contributed by atoms with E-state index >= 15 is 0 Å². The van der Waals surface area contributed by atoms with Gasteiger partial charge in [-0.15, -0.1) is 10.2 Å². The molecule has 3 aromatic rings. The van der Waals surface area contributed by atoms with Gasteiger partial charge in [0.2, 0.25) is 5.91 Å². The largest absolute Gasteiger partial charge is 0.346 e. The molecule has 0 bridgehead atoms. The van der Waals surface area contributed by atoms with Crippen LogP contribution in [0.25, 0.3) is 5.69 Å². The van der Waals surface area contributed by atoms with Crippen LogP contribution in [0.2, 0.25) is 0 Å². The fourth-order valence-electron chi connectivity index (χ4n) is 3.03. The zero-order valence-electron chi connectivity index (χ0n) is 17.3. The van der Waals surface area contributed by atoms with Crippen molar-refractivity contribution in [2.24, 2.45) is 0 Å². The van der Waals surface area contributed by atoms with E-state index in [1.54, 1.807) is 11.8 Å². The van der Waals surface area contributed by atoms with Crippen molar-refractivity contribution in [2.45, 2.75) is 57.0 Å². The van der Waals surface area contributed by atoms with E-state index in [1.165, 1.54) is 11.1 Å². The second-order valence-corrected chi connectivity index (χ2v) is 8.12. The molecule has 0 saturated carbocycles. The van der Waals surface area contributed by atoms with Crippen molar-refractivity contribution in [2.75, 3.05) is 0 Å². The Balaban J connectivity index is 1.86. The summed E-state index contributed by atoms with van der Waals surface area (Å²) in [5.74, 6) is 1.60. The summed E-state index contributed by atoms with van der Waals surface area (Å²) in [6, 6.07) is 18.4. The first kappa shape index (κ1) is 21.1. The van der Waals surface area contributed by atoms with Gasteiger partial charge in [0.15, 0.2) is 11.0 Å². The minimum Gasteiger partial charge on any atom is -0.346 e. The molecule has 2 aromatic carbocycles. The number of carbonyl (C=O) groups excluding carboxylic acids is 1. The third kappa shape index (κ3) is 5.70. The van der Waals surface area contributed by atoms with Crippen LogP contribution in [0.4, 0.5) is 0 Å². The number of nitrogens with zero attached hydrogens (tertiary/aromatic N) is 3. The summed E-state index contributed by atoms with van der Waals surface area (Å²) in [6.07, 6.45) is 2.43. The second-order valence-electron chi connectivity index (χ2n) is 7.18. The van der Waals surface area contributed by atoms with Crippen LogP contribution in [0, 0.1) is 6.92 Å². The highest BCUT2D eigenvalue weighted by Gasteiger charge is 2.21. The highest BCUT2D eigenvalue weighted by molar-refractivity contribution is 7.98. The van der Waals surface area contributed by atoms with E-state index in [-0.39, 0.29) is 11.9 Å². The van der Waals surface area contributed by atoms with Crippen LogP contribution in [0.1, 0.15) is 56.1 Å². The molecule has 29 heavy (non-hydrogen) atoms. The number of carbonyl (C=O) groups is 1. The zero-order valence-corrected chi connectivity index (χ0v) is 18.1. The summed E-state index contributed by atoms with van der Waals surface area (Å²) in [5.41, 5.74) is 3.43. The molecule has 1 aromatic heterocycles. The highest BCUT2D eigenvalue weighted by atomic mass is 32.2. The van der Waals surface area contributed by atoms with Gasteiger partial charge in [0.05, 0.1) is 6.04 Å². The normalized spacial score (nSPS) is 12.0. The maximum absolute atomic E-state index is 12.2. The van der Waals surface area contributed by atoms with Crippen molar-refractivity contribution in [3.63, 3.8) is 0 Å². The van der Waals surface area contributed by atoms with E-state index in [9.17, 15) is 4.79 Å². The van der Waals surface area contributed by atoms with Gasteiger partial charge in [-0.3, -0.25) is 9.36 Å². The molecule has 0 radical (unpaired) electrons. The average molecular weight is 409 g/mol. The first-order valence-corrected chi connectivity index (χ1v) is 11.1. The lowest BCUT2D eigenvalue weighted by molar-refractivity contribution is -0.121. The van der Waals surface area contributed by atoms with Gasteiger partial charge in [-0.05, 0) is 38.0 Å². The standard InChI is InChI=1S/C23H28N4OS/c1-4-5-11-21(28)24-18(3)22-25-26-23(29-16-19-9-7-6-8-10-19)27(22)20-14-12-17(2)13-15-20/h6-10,12-15,18H,4-5,11,16H2,1-3H3,(H,24,28)/t18-/m1/s1. The summed E-state index contributed by atoms with van der Waals surface area (Å²) in [6.45, 7) is 6.11. The minimum absolute atomic E-state index is 0.0521. The van der Waals surface area contributed by atoms with Gasteiger partial charge in [0.25, 0.3) is 0 Å². The number of nitrogens with one attached hydrogen (secondary N) is 1. The summed E-state index contributed by atoms with van der Waals surface area (Å²) in [5, 5.41) is 12.8. The molecule has 0 aliphatic heterocycles. The lowest BCUT2D eigenvalue weighted by atomic mass is 10.2. The summed E-state index contributed by atoms with van der Waals surface area (Å²) < 4.78 is 2.05. The molecule has 152 valence electrons. The molecule has 0 unspecified atom stereocenters. The molecule has 1 atom stereocenters. The second kappa shape index (κ2) is 10.3. The maximum atomic E-state index is 12.2. The number of rotatable bonds is 9. The highest BCUT2D eigenvalue weighted by Crippen LogP contribution is 2.27. The Labute approximate surface area is 176 Å². The number of hydrogen-bond acceptors (Lipinski definition) is 4. The number of unbranched alkanes of at least 4 members (excludes halogenated alkanes) is 1. The predicted molar refractivity (Wildman–Crippen MR) is 118 cm³/mol. The molecule has 0 aliphatic rings. The lowest BCUT2D eigenvalue weighted by Gasteiger charge is -2.16. The summed E-state index contributed by atoms with van der Waals surface area (Å²) in [4.78, 5) is 12.2. The van der Waals surface area contributed by atoms with Crippen molar-refractivity contribution >= 4 is 17.7 Å². The van der Waals surface area contributed by atoms with Crippen molar-refractivity contribution < 1.29 is 4.79 Å². The molecule has 6 heteroatoms. The van der Waals surface area contributed by atoms with Crippen LogP contribution >= 0.6 is 11.8 Å². The van der Waals surface area contributed by atoms with Gasteiger partial charge in [0.1, 0.15) is 0 Å². The Morgan fingerprint density at radius 3 is 2.52 bits per heavy atom. The quantitative estimate of drug-likeness (QED) is 0.492. The van der Waals surface area contributed by atoms with Crippen molar-refractivity contribution in [3.8, 4) is 5.69 Å². The fourth-order valence-corrected chi connectivity index (χ4v) is 3.94. The summed E-state index contributed by atoms with van der Waals surface area (Å²) in [7, 11) is 0. The molecule has 5 nitrogen and oxygen atoms in total. The number of aryl methyl sites for hydroxylation is 1. The number of hydrogen-bond donors (Lipinski definition) is 1. The van der Waals surface area contributed by atoms with E-state index in [2.05, 4.69) is 70.3 Å². The van der Waals surface area contributed by atoms with Crippen LogP contribution in [0.3, 0.4) is 0 Å². The van der Waals surface area contributed by atoms with Gasteiger partial charge in [-0.25, -0.2) is 0 Å². The van der Waals surface area contributed by atoms with Crippen LogP contribution in [-0.4, -0.2) is 20.7 Å². The number of aromatic nitrogens is 3. The molecule has 0 spiro atoms. The van der Waals surface area contributed by atoms with E-state index in [1.807, 2.05) is 25.1 Å². The molecule has 1 amide bonds. The predicted octanol–water partition coefficient (Wildman–Crippen LogP) is 5.24. The smallest absolute Gasteiger partial charge is 0.220 e. The number of benzene rings is 2. The van der Waals surface area contributed by atoms with E-state index in [4.69, 9.17) is 0 Å². The Morgan fingerprint density at radius 1 is 1.10 bits per heavy atom. The van der Waals surface area contributed by atoms with Crippen molar-refractivity contribution in [1.29, 1.82) is 0 Å². The van der Waals surface area contributed by atoms with Crippen LogP contribution in [0.5, 0.6) is 0 Å². The minimum atomic E-state index is -0.223. The number of amides is 1. The fraction of sp³-hybridized carbons (Fsp3) is 0.348. The first-order valence-electron chi connectivity index (χ1n) is 10.1. The molecule has 0 aliphatic carbocycles. The number of thioether (sulfide) groups is 1. The van der Waals surface area contributed by atoms with Gasteiger partial charge in [0, 0.05) is 17.9 Å². The summed E-state index contributed by atoms with van der Waals surface area (Å²) >= 11 is 1.65. The third-order valence-corrected chi connectivity index (χ3v) is 5.68. The first-order chi connectivity index (χ1) is 14.1. The van der Waals surface area contributed by atoms with Crippen LogP contribution < -0.4 is 5.32 Å². The van der Waals surface area contributed by atoms with Crippen LogP contribution in [-0.2, 0) is 10.5 Å². The van der Waals surface area contributed by atoms with E-state index in [0.29, 0.717) is 6.42 Å². The average Bonchev–Trinajstić information content (AvgIpc) is 3.16.